The topological polar surface area (TPSA) is 111 Å². The van der Waals surface area contributed by atoms with E-state index >= 15 is 0 Å². The number of amides is 1. The van der Waals surface area contributed by atoms with Crippen LogP contribution in [0.1, 0.15) is 13.8 Å². The highest BCUT2D eigenvalue weighted by atomic mass is 32.2. The minimum absolute atomic E-state index is 0.159. The molecular weight excluding hydrogens is 351 g/mol. The summed E-state index contributed by atoms with van der Waals surface area (Å²) in [6.45, 7) is 2.95. The minimum atomic E-state index is -4.87. The summed E-state index contributed by atoms with van der Waals surface area (Å²) in [5.41, 5.74) is 4.74. The number of alkyl halides is 3. The number of nitrogens with two attached hydrogens (primary N) is 1. The summed E-state index contributed by atoms with van der Waals surface area (Å²) in [4.78, 5) is 11.4. The molecule has 0 bridgehead atoms. The summed E-state index contributed by atoms with van der Waals surface area (Å²) in [5, 5.41) is 2.53. The lowest BCUT2D eigenvalue weighted by Crippen LogP contribution is -2.51. The standard InChI is InChI=1S/C13H18F3N3O4S/c1-12(2,8-17)19-11(20)7-18-24(21,22)10-5-3-9(4-6-10)23-13(14,15)16/h3-6,18H,7-8,17H2,1-2H3,(H,19,20). The zero-order valence-electron chi connectivity index (χ0n) is 13.0. The van der Waals surface area contributed by atoms with Crippen LogP contribution in [0.15, 0.2) is 29.2 Å². The van der Waals surface area contributed by atoms with E-state index in [9.17, 15) is 26.4 Å². The second-order valence-electron chi connectivity index (χ2n) is 5.48. The highest BCUT2D eigenvalue weighted by molar-refractivity contribution is 7.89. The molecule has 0 unspecified atom stereocenters. The SMILES string of the molecule is CC(C)(CN)NC(=O)CNS(=O)(=O)c1ccc(OC(F)(F)F)cc1. The molecule has 136 valence electrons. The van der Waals surface area contributed by atoms with Crippen LogP contribution in [0.25, 0.3) is 0 Å². The monoisotopic (exact) mass is 369 g/mol. The Hall–Kier alpha value is -1.85. The zero-order chi connectivity index (χ0) is 18.6. The Morgan fingerprint density at radius 2 is 1.75 bits per heavy atom. The van der Waals surface area contributed by atoms with Crippen LogP contribution in [-0.4, -0.2) is 39.3 Å². The fraction of sp³-hybridized carbons (Fsp3) is 0.462. The number of halogens is 3. The number of hydrogen-bond acceptors (Lipinski definition) is 5. The van der Waals surface area contributed by atoms with Gasteiger partial charge in [0.15, 0.2) is 0 Å². The third-order valence-electron chi connectivity index (χ3n) is 2.78. The number of nitrogens with one attached hydrogen (secondary N) is 2. The van der Waals surface area contributed by atoms with E-state index in [2.05, 4.69) is 10.1 Å². The average molecular weight is 369 g/mol. The molecule has 1 aromatic rings. The number of hydrogen-bond donors (Lipinski definition) is 3. The van der Waals surface area contributed by atoms with E-state index in [-0.39, 0.29) is 11.4 Å². The van der Waals surface area contributed by atoms with Gasteiger partial charge in [0.2, 0.25) is 15.9 Å². The molecule has 11 heteroatoms. The summed E-state index contributed by atoms with van der Waals surface area (Å²) in [7, 11) is -4.06. The quantitative estimate of drug-likeness (QED) is 0.656. The molecule has 24 heavy (non-hydrogen) atoms. The van der Waals surface area contributed by atoms with Crippen LogP contribution in [0, 0.1) is 0 Å². The van der Waals surface area contributed by atoms with E-state index in [1.807, 2.05) is 4.72 Å². The van der Waals surface area contributed by atoms with Gasteiger partial charge in [-0.2, -0.15) is 0 Å². The van der Waals surface area contributed by atoms with Crippen molar-refractivity contribution < 1.29 is 31.1 Å². The van der Waals surface area contributed by atoms with Crippen molar-refractivity contribution in [1.82, 2.24) is 10.0 Å². The molecule has 0 atom stereocenters. The maximum Gasteiger partial charge on any atom is 0.573 e. The van der Waals surface area contributed by atoms with Gasteiger partial charge in [0.05, 0.1) is 11.4 Å². The maximum absolute atomic E-state index is 12.0. The predicted molar refractivity (Wildman–Crippen MR) is 79.6 cm³/mol. The lowest BCUT2D eigenvalue weighted by Gasteiger charge is -2.24. The fourth-order valence-corrected chi connectivity index (χ4v) is 2.52. The zero-order valence-corrected chi connectivity index (χ0v) is 13.8. The molecule has 4 N–H and O–H groups in total. The highest BCUT2D eigenvalue weighted by Gasteiger charge is 2.31. The number of ether oxygens (including phenoxy) is 1. The Labute approximate surface area is 137 Å². The van der Waals surface area contributed by atoms with Crippen molar-refractivity contribution in [3.8, 4) is 5.75 Å². The molecule has 1 rings (SSSR count). The smallest absolute Gasteiger partial charge is 0.406 e. The molecule has 0 aromatic heterocycles. The molecule has 0 fully saturated rings. The van der Waals surface area contributed by atoms with E-state index in [1.54, 1.807) is 13.8 Å². The van der Waals surface area contributed by atoms with Crippen molar-refractivity contribution in [2.75, 3.05) is 13.1 Å². The molecule has 0 aliphatic rings. The van der Waals surface area contributed by atoms with Gasteiger partial charge in [-0.05, 0) is 38.1 Å². The van der Waals surface area contributed by atoms with Crippen molar-refractivity contribution in [3.05, 3.63) is 24.3 Å². The molecule has 0 saturated heterocycles. The molecule has 0 radical (unpaired) electrons. The van der Waals surface area contributed by atoms with E-state index in [0.29, 0.717) is 0 Å². The molecule has 0 saturated carbocycles. The Morgan fingerprint density at radius 3 is 2.21 bits per heavy atom. The van der Waals surface area contributed by atoms with Gasteiger partial charge in [-0.3, -0.25) is 4.79 Å². The largest absolute Gasteiger partial charge is 0.573 e. The van der Waals surface area contributed by atoms with E-state index < -0.39 is 40.1 Å². The predicted octanol–water partition coefficient (Wildman–Crippen LogP) is 0.717. The normalized spacial score (nSPS) is 12.8. The van der Waals surface area contributed by atoms with Gasteiger partial charge in [0.1, 0.15) is 5.75 Å². The van der Waals surface area contributed by atoms with Crippen molar-refractivity contribution >= 4 is 15.9 Å². The van der Waals surface area contributed by atoms with Crippen LogP contribution < -0.4 is 20.5 Å². The van der Waals surface area contributed by atoms with Crippen molar-refractivity contribution in [2.45, 2.75) is 30.6 Å². The van der Waals surface area contributed by atoms with Crippen LogP contribution in [0.3, 0.4) is 0 Å². The number of carbonyl (C=O) groups excluding carboxylic acids is 1. The Bertz CT molecular complexity index is 673. The number of sulfonamides is 1. The second-order valence-corrected chi connectivity index (χ2v) is 7.25. The second kappa shape index (κ2) is 7.36. The first-order valence-electron chi connectivity index (χ1n) is 6.71. The Morgan fingerprint density at radius 1 is 1.21 bits per heavy atom. The minimum Gasteiger partial charge on any atom is -0.406 e. The van der Waals surface area contributed by atoms with Crippen LogP contribution in [0.5, 0.6) is 5.75 Å². The molecule has 1 aromatic carbocycles. The third kappa shape index (κ3) is 6.72. The van der Waals surface area contributed by atoms with Gasteiger partial charge in [-0.25, -0.2) is 13.1 Å². The number of carbonyl (C=O) groups is 1. The van der Waals surface area contributed by atoms with E-state index in [4.69, 9.17) is 5.73 Å². The molecule has 0 aliphatic heterocycles. The maximum atomic E-state index is 12.0. The first kappa shape index (κ1) is 20.2. The van der Waals surface area contributed by atoms with Gasteiger partial charge >= 0.3 is 6.36 Å². The first-order valence-corrected chi connectivity index (χ1v) is 8.19. The molecule has 7 nitrogen and oxygen atoms in total. The Balaban J connectivity index is 2.70. The molecule has 0 spiro atoms. The molecule has 1 amide bonds. The van der Waals surface area contributed by atoms with Crippen molar-refractivity contribution in [2.24, 2.45) is 5.73 Å². The summed E-state index contributed by atoms with van der Waals surface area (Å²) >= 11 is 0. The van der Waals surface area contributed by atoms with Crippen molar-refractivity contribution in [1.29, 1.82) is 0 Å². The molecule has 0 heterocycles. The molecular formula is C13H18F3N3O4S. The summed E-state index contributed by atoms with van der Waals surface area (Å²) in [6.07, 6.45) is -4.87. The summed E-state index contributed by atoms with van der Waals surface area (Å²) < 4.78 is 65.8. The van der Waals surface area contributed by atoms with Gasteiger partial charge in [-0.1, -0.05) is 0 Å². The fourth-order valence-electron chi connectivity index (χ4n) is 1.54. The van der Waals surface area contributed by atoms with Crippen LogP contribution in [-0.2, 0) is 14.8 Å². The van der Waals surface area contributed by atoms with Crippen LogP contribution >= 0.6 is 0 Å². The van der Waals surface area contributed by atoms with Gasteiger partial charge in [0, 0.05) is 12.1 Å². The number of benzene rings is 1. The summed E-state index contributed by atoms with van der Waals surface area (Å²) in [6, 6.07) is 3.59. The van der Waals surface area contributed by atoms with Crippen molar-refractivity contribution in [3.63, 3.8) is 0 Å². The van der Waals surface area contributed by atoms with Gasteiger partial charge in [0.25, 0.3) is 0 Å². The molecule has 0 aliphatic carbocycles. The lowest BCUT2D eigenvalue weighted by atomic mass is 10.1. The average Bonchev–Trinajstić information content (AvgIpc) is 2.44. The van der Waals surface area contributed by atoms with Gasteiger partial charge < -0.3 is 15.8 Å². The van der Waals surface area contributed by atoms with Gasteiger partial charge in [-0.15, -0.1) is 13.2 Å². The summed E-state index contributed by atoms with van der Waals surface area (Å²) in [5.74, 6) is -1.14. The highest BCUT2D eigenvalue weighted by Crippen LogP contribution is 2.23. The Kier molecular flexibility index (Phi) is 6.20. The number of rotatable bonds is 7. The van der Waals surface area contributed by atoms with E-state index in [0.717, 1.165) is 24.3 Å². The third-order valence-corrected chi connectivity index (χ3v) is 4.20. The van der Waals surface area contributed by atoms with Crippen LogP contribution in [0.4, 0.5) is 13.2 Å². The van der Waals surface area contributed by atoms with Crippen LogP contribution in [0.2, 0.25) is 0 Å². The lowest BCUT2D eigenvalue weighted by molar-refractivity contribution is -0.274. The van der Waals surface area contributed by atoms with E-state index in [1.165, 1.54) is 0 Å². The first-order chi connectivity index (χ1) is 10.8.